The Hall–Kier alpha value is -1.62. The third kappa shape index (κ3) is 2.93. The van der Waals surface area contributed by atoms with Gasteiger partial charge in [-0.05, 0) is 19.8 Å². The Kier molecular flexibility index (Phi) is 4.28. The predicted molar refractivity (Wildman–Crippen MR) is 71.9 cm³/mol. The summed E-state index contributed by atoms with van der Waals surface area (Å²) in [5.41, 5.74) is 1.24. The minimum atomic E-state index is -0.990. The van der Waals surface area contributed by atoms with Crippen molar-refractivity contribution in [3.63, 3.8) is 0 Å². The van der Waals surface area contributed by atoms with Gasteiger partial charge in [-0.1, -0.05) is 24.6 Å². The minimum absolute atomic E-state index is 0.153. The molecular weight excluding hydrogens is 260 g/mol. The molecule has 20 heavy (non-hydrogen) atoms. The van der Waals surface area contributed by atoms with E-state index < -0.39 is 30.0 Å². The van der Waals surface area contributed by atoms with Gasteiger partial charge in [0.2, 0.25) is 0 Å². The van der Waals surface area contributed by atoms with Crippen molar-refractivity contribution in [3.8, 4) is 0 Å². The highest BCUT2D eigenvalue weighted by molar-refractivity contribution is 5.87. The van der Waals surface area contributed by atoms with Gasteiger partial charge < -0.3 is 14.9 Å². The summed E-state index contributed by atoms with van der Waals surface area (Å²) in [6.07, 6.45) is 3.55. The average Bonchev–Trinajstić information content (AvgIpc) is 2.63. The van der Waals surface area contributed by atoms with E-state index in [1.807, 2.05) is 6.92 Å². The lowest BCUT2D eigenvalue weighted by molar-refractivity contribution is -0.144. The molecule has 1 saturated heterocycles. The third-order valence-corrected chi connectivity index (χ3v) is 4.12. The number of aliphatic hydroxyl groups is 1. The van der Waals surface area contributed by atoms with Gasteiger partial charge in [0.05, 0.1) is 12.0 Å². The summed E-state index contributed by atoms with van der Waals surface area (Å²) in [5, 5.41) is 19.5. The fourth-order valence-electron chi connectivity index (χ4n) is 2.94. The summed E-state index contributed by atoms with van der Waals surface area (Å²) in [5.74, 6) is -2.17. The SMILES string of the molecule is C/C1=C\[C@H](O)[C@@H]2[C@@H](C/C(C(=O)O)=C/CC1)OC(=O)[C@@H]2C. The van der Waals surface area contributed by atoms with Crippen LogP contribution < -0.4 is 0 Å². The Morgan fingerprint density at radius 3 is 2.80 bits per heavy atom. The first kappa shape index (κ1) is 14.8. The summed E-state index contributed by atoms with van der Waals surface area (Å²) in [6.45, 7) is 3.62. The summed E-state index contributed by atoms with van der Waals surface area (Å²) < 4.78 is 5.26. The molecule has 0 aromatic carbocycles. The maximum absolute atomic E-state index is 11.7. The number of allylic oxidation sites excluding steroid dienone is 2. The zero-order valence-electron chi connectivity index (χ0n) is 11.7. The van der Waals surface area contributed by atoms with Crippen LogP contribution in [-0.2, 0) is 14.3 Å². The van der Waals surface area contributed by atoms with Gasteiger partial charge >= 0.3 is 11.9 Å². The molecule has 0 unspecified atom stereocenters. The van der Waals surface area contributed by atoms with Crippen molar-refractivity contribution >= 4 is 11.9 Å². The number of ether oxygens (including phenoxy) is 1. The monoisotopic (exact) mass is 280 g/mol. The molecule has 4 atom stereocenters. The van der Waals surface area contributed by atoms with Crippen LogP contribution in [0.2, 0.25) is 0 Å². The van der Waals surface area contributed by atoms with E-state index in [9.17, 15) is 19.8 Å². The second kappa shape index (κ2) is 5.79. The molecular formula is C15H20O5. The quantitative estimate of drug-likeness (QED) is 0.564. The van der Waals surface area contributed by atoms with Crippen LogP contribution in [-0.4, -0.2) is 34.4 Å². The Bertz CT molecular complexity index is 477. The molecule has 2 rings (SSSR count). The van der Waals surface area contributed by atoms with Crippen LogP contribution in [0.15, 0.2) is 23.3 Å². The van der Waals surface area contributed by atoms with Gasteiger partial charge in [-0.25, -0.2) is 4.79 Å². The second-order valence-corrected chi connectivity index (χ2v) is 5.62. The van der Waals surface area contributed by atoms with Crippen LogP contribution in [0.25, 0.3) is 0 Å². The Labute approximate surface area is 117 Å². The number of carbonyl (C=O) groups excluding carboxylic acids is 1. The number of aliphatic hydroxyl groups excluding tert-OH is 1. The van der Waals surface area contributed by atoms with Gasteiger partial charge in [0.25, 0.3) is 0 Å². The first-order valence-electron chi connectivity index (χ1n) is 6.88. The maximum Gasteiger partial charge on any atom is 0.331 e. The minimum Gasteiger partial charge on any atom is -0.478 e. The average molecular weight is 280 g/mol. The normalized spacial score (nSPS) is 39.9. The standard InChI is InChI=1S/C15H20O5/c1-8-4-3-5-10(14(17)18)7-12-13(11(16)6-8)9(2)15(19)20-12/h5-6,9,11-13,16H,3-4,7H2,1-2H3,(H,17,18)/b8-6+,10-5-/t9-,11+,12-,13-/m1/s1. The number of aliphatic carboxylic acids is 1. The highest BCUT2D eigenvalue weighted by atomic mass is 16.6. The number of carboxylic acids is 1. The van der Waals surface area contributed by atoms with Gasteiger partial charge in [0.15, 0.2) is 0 Å². The lowest BCUT2D eigenvalue weighted by Gasteiger charge is -2.24. The first-order valence-corrected chi connectivity index (χ1v) is 6.88. The maximum atomic E-state index is 11.7. The Morgan fingerprint density at radius 1 is 1.45 bits per heavy atom. The molecule has 1 heterocycles. The zero-order chi connectivity index (χ0) is 14.9. The molecule has 0 saturated carbocycles. The van der Waals surface area contributed by atoms with E-state index in [0.717, 1.165) is 5.57 Å². The molecule has 2 N–H and O–H groups in total. The van der Waals surface area contributed by atoms with Crippen molar-refractivity contribution < 1.29 is 24.5 Å². The van der Waals surface area contributed by atoms with Gasteiger partial charge in [0.1, 0.15) is 6.10 Å². The lowest BCUT2D eigenvalue weighted by atomic mass is 9.82. The molecule has 0 aromatic heterocycles. The van der Waals surface area contributed by atoms with E-state index in [1.165, 1.54) is 0 Å². The van der Waals surface area contributed by atoms with Crippen molar-refractivity contribution in [1.82, 2.24) is 0 Å². The summed E-state index contributed by atoms with van der Waals surface area (Å²) >= 11 is 0. The summed E-state index contributed by atoms with van der Waals surface area (Å²) in [6, 6.07) is 0. The second-order valence-electron chi connectivity index (χ2n) is 5.62. The molecule has 5 heteroatoms. The number of esters is 1. The van der Waals surface area contributed by atoms with Crippen LogP contribution in [0, 0.1) is 11.8 Å². The summed E-state index contributed by atoms with van der Waals surface area (Å²) in [4.78, 5) is 23.0. The van der Waals surface area contributed by atoms with Gasteiger partial charge in [-0.2, -0.15) is 0 Å². The molecule has 0 spiro atoms. The smallest absolute Gasteiger partial charge is 0.331 e. The molecule has 0 radical (unpaired) electrons. The van der Waals surface area contributed by atoms with Crippen molar-refractivity contribution in [2.75, 3.05) is 0 Å². The fourth-order valence-corrected chi connectivity index (χ4v) is 2.94. The highest BCUT2D eigenvalue weighted by Crippen LogP contribution is 2.36. The van der Waals surface area contributed by atoms with Crippen molar-refractivity contribution in [1.29, 1.82) is 0 Å². The topological polar surface area (TPSA) is 83.8 Å². The van der Waals surface area contributed by atoms with Gasteiger partial charge in [-0.3, -0.25) is 4.79 Å². The Balaban J connectivity index is 2.35. The van der Waals surface area contributed by atoms with Crippen molar-refractivity contribution in [2.24, 2.45) is 11.8 Å². The van der Waals surface area contributed by atoms with E-state index in [0.29, 0.717) is 12.8 Å². The molecule has 1 aliphatic heterocycles. The molecule has 0 bridgehead atoms. The number of carbonyl (C=O) groups is 2. The van der Waals surface area contributed by atoms with Crippen LogP contribution >= 0.6 is 0 Å². The van der Waals surface area contributed by atoms with Gasteiger partial charge in [0, 0.05) is 17.9 Å². The van der Waals surface area contributed by atoms with E-state index in [2.05, 4.69) is 0 Å². The molecule has 5 nitrogen and oxygen atoms in total. The van der Waals surface area contributed by atoms with Crippen LogP contribution in [0.1, 0.15) is 33.1 Å². The van der Waals surface area contributed by atoms with E-state index in [1.54, 1.807) is 19.1 Å². The van der Waals surface area contributed by atoms with Gasteiger partial charge in [-0.15, -0.1) is 0 Å². The number of rotatable bonds is 1. The number of fused-ring (bicyclic) bond motifs is 1. The number of hydrogen-bond donors (Lipinski definition) is 2. The zero-order valence-corrected chi connectivity index (χ0v) is 11.7. The first-order chi connectivity index (χ1) is 9.40. The molecule has 1 fully saturated rings. The number of carboxylic acid groups (broad SMARTS) is 1. The molecule has 0 aromatic rings. The molecule has 110 valence electrons. The molecule has 0 amide bonds. The van der Waals surface area contributed by atoms with Crippen molar-refractivity contribution in [3.05, 3.63) is 23.3 Å². The molecule has 1 aliphatic carbocycles. The largest absolute Gasteiger partial charge is 0.478 e. The number of hydrogen-bond acceptors (Lipinski definition) is 4. The van der Waals surface area contributed by atoms with E-state index in [4.69, 9.17) is 4.74 Å². The predicted octanol–water partition coefficient (Wildman–Crippen LogP) is 1.67. The molecule has 2 aliphatic rings. The highest BCUT2D eigenvalue weighted by Gasteiger charge is 2.45. The van der Waals surface area contributed by atoms with Crippen LogP contribution in [0.4, 0.5) is 0 Å². The third-order valence-electron chi connectivity index (χ3n) is 4.12. The van der Waals surface area contributed by atoms with Crippen LogP contribution in [0.5, 0.6) is 0 Å². The van der Waals surface area contributed by atoms with Crippen molar-refractivity contribution in [2.45, 2.75) is 45.3 Å². The van der Waals surface area contributed by atoms with Crippen LogP contribution in [0.3, 0.4) is 0 Å². The fraction of sp³-hybridized carbons (Fsp3) is 0.600. The lowest BCUT2D eigenvalue weighted by Crippen LogP contribution is -2.32. The van der Waals surface area contributed by atoms with E-state index >= 15 is 0 Å². The Morgan fingerprint density at radius 2 is 2.15 bits per heavy atom. The summed E-state index contributed by atoms with van der Waals surface area (Å²) in [7, 11) is 0. The van der Waals surface area contributed by atoms with E-state index in [-0.39, 0.29) is 18.0 Å².